The van der Waals surface area contributed by atoms with E-state index in [1.165, 1.54) is 36.6 Å². The smallest absolute Gasteiger partial charge is 0.292 e. The third-order valence-electron chi connectivity index (χ3n) is 4.26. The van der Waals surface area contributed by atoms with E-state index in [0.717, 1.165) is 13.1 Å². The Hall–Kier alpha value is -2.56. The van der Waals surface area contributed by atoms with E-state index in [9.17, 15) is 10.1 Å². The van der Waals surface area contributed by atoms with Crippen LogP contribution in [0.1, 0.15) is 24.8 Å². The molecule has 120 valence electrons. The Morgan fingerprint density at radius 3 is 2.48 bits per heavy atom. The van der Waals surface area contributed by atoms with Crippen LogP contribution in [0.3, 0.4) is 0 Å². The van der Waals surface area contributed by atoms with Crippen molar-refractivity contribution in [3.63, 3.8) is 0 Å². The molecule has 0 aliphatic carbocycles. The summed E-state index contributed by atoms with van der Waals surface area (Å²) in [6.45, 7) is 2.75. The van der Waals surface area contributed by atoms with Gasteiger partial charge in [0.1, 0.15) is 5.69 Å². The highest BCUT2D eigenvalue weighted by Gasteiger charge is 2.15. The predicted octanol–water partition coefficient (Wildman–Crippen LogP) is 4.20. The maximum atomic E-state index is 11.1. The molecule has 0 saturated carbocycles. The number of benzene rings is 2. The molecule has 0 aromatic heterocycles. The first kappa shape index (κ1) is 15.3. The molecule has 1 N–H and O–H groups in total. The van der Waals surface area contributed by atoms with Gasteiger partial charge in [-0.15, -0.1) is 0 Å². The summed E-state index contributed by atoms with van der Waals surface area (Å²) in [5, 5.41) is 14.3. The zero-order chi connectivity index (χ0) is 16.1. The quantitative estimate of drug-likeness (QED) is 0.664. The van der Waals surface area contributed by atoms with Crippen LogP contribution in [-0.2, 0) is 6.54 Å². The molecule has 1 heterocycles. The first-order chi connectivity index (χ1) is 11.3. The van der Waals surface area contributed by atoms with E-state index >= 15 is 0 Å². The monoisotopic (exact) mass is 311 g/mol. The lowest BCUT2D eigenvalue weighted by molar-refractivity contribution is -0.384. The lowest BCUT2D eigenvalue weighted by atomic mass is 10.1. The Morgan fingerprint density at radius 2 is 1.70 bits per heavy atom. The van der Waals surface area contributed by atoms with Crippen molar-refractivity contribution in [1.82, 2.24) is 0 Å². The Bertz CT molecular complexity index is 681. The van der Waals surface area contributed by atoms with Crippen molar-refractivity contribution >= 4 is 17.1 Å². The fourth-order valence-corrected chi connectivity index (χ4v) is 3.08. The summed E-state index contributed by atoms with van der Waals surface area (Å²) >= 11 is 0. The van der Waals surface area contributed by atoms with E-state index in [2.05, 4.69) is 28.4 Å². The lowest BCUT2D eigenvalue weighted by Gasteiger charge is -2.30. The van der Waals surface area contributed by atoms with Crippen LogP contribution in [0.5, 0.6) is 0 Å². The van der Waals surface area contributed by atoms with Crippen LogP contribution in [0.25, 0.3) is 0 Å². The van der Waals surface area contributed by atoms with Gasteiger partial charge in [0.2, 0.25) is 0 Å². The standard InChI is InChI=1S/C18H21N3O2/c22-21(23)18-11-5-3-9-16(18)19-14-15-8-2-4-10-17(15)20-12-6-1-7-13-20/h2-5,8-11,19H,1,6-7,12-14H2. The Kier molecular flexibility index (Phi) is 4.76. The number of nitro benzene ring substituents is 1. The highest BCUT2D eigenvalue weighted by molar-refractivity contribution is 5.62. The lowest BCUT2D eigenvalue weighted by Crippen LogP contribution is -2.30. The van der Waals surface area contributed by atoms with Crippen LogP contribution in [0.2, 0.25) is 0 Å². The highest BCUT2D eigenvalue weighted by atomic mass is 16.6. The minimum absolute atomic E-state index is 0.114. The summed E-state index contributed by atoms with van der Waals surface area (Å²) < 4.78 is 0. The van der Waals surface area contributed by atoms with Gasteiger partial charge in [-0.25, -0.2) is 0 Å². The number of para-hydroxylation sites is 3. The third-order valence-corrected chi connectivity index (χ3v) is 4.26. The molecule has 1 saturated heterocycles. The van der Waals surface area contributed by atoms with Gasteiger partial charge < -0.3 is 10.2 Å². The molecule has 3 rings (SSSR count). The molecule has 0 amide bonds. The number of anilines is 2. The zero-order valence-electron chi connectivity index (χ0n) is 13.1. The van der Waals surface area contributed by atoms with Crippen LogP contribution in [0.15, 0.2) is 48.5 Å². The summed E-state index contributed by atoms with van der Waals surface area (Å²) in [7, 11) is 0. The van der Waals surface area contributed by atoms with Crippen LogP contribution in [-0.4, -0.2) is 18.0 Å². The molecule has 1 aliphatic rings. The first-order valence-electron chi connectivity index (χ1n) is 8.06. The number of hydrogen-bond acceptors (Lipinski definition) is 4. The number of nitro groups is 1. The second-order valence-electron chi connectivity index (χ2n) is 5.80. The van der Waals surface area contributed by atoms with Gasteiger partial charge in [0.15, 0.2) is 0 Å². The molecular formula is C18H21N3O2. The van der Waals surface area contributed by atoms with Gasteiger partial charge in [-0.05, 0) is 37.0 Å². The Balaban J connectivity index is 1.77. The van der Waals surface area contributed by atoms with Crippen LogP contribution in [0, 0.1) is 10.1 Å². The van der Waals surface area contributed by atoms with Gasteiger partial charge in [-0.2, -0.15) is 0 Å². The summed E-state index contributed by atoms with van der Waals surface area (Å²) in [5.74, 6) is 0. The van der Waals surface area contributed by atoms with Gasteiger partial charge in [0.05, 0.1) is 4.92 Å². The number of piperidine rings is 1. The molecule has 0 bridgehead atoms. The molecule has 0 unspecified atom stereocenters. The van der Waals surface area contributed by atoms with Crippen molar-refractivity contribution in [1.29, 1.82) is 0 Å². The van der Waals surface area contributed by atoms with Crippen LogP contribution < -0.4 is 10.2 Å². The SMILES string of the molecule is O=[N+]([O-])c1ccccc1NCc1ccccc1N1CCCCC1. The van der Waals surface area contributed by atoms with Gasteiger partial charge in [0, 0.05) is 31.4 Å². The fraction of sp³-hybridized carbons (Fsp3) is 0.333. The Morgan fingerprint density at radius 1 is 1.00 bits per heavy atom. The molecule has 0 radical (unpaired) electrons. The second-order valence-corrected chi connectivity index (χ2v) is 5.80. The minimum Gasteiger partial charge on any atom is -0.375 e. The second kappa shape index (κ2) is 7.13. The van der Waals surface area contributed by atoms with E-state index in [1.807, 2.05) is 12.1 Å². The summed E-state index contributed by atoms with van der Waals surface area (Å²) in [4.78, 5) is 13.2. The minimum atomic E-state index is -0.348. The summed E-state index contributed by atoms with van der Waals surface area (Å²) in [6.07, 6.45) is 3.75. The average Bonchev–Trinajstić information content (AvgIpc) is 2.61. The molecule has 2 aromatic carbocycles. The Labute approximate surface area is 136 Å². The first-order valence-corrected chi connectivity index (χ1v) is 8.06. The van der Waals surface area contributed by atoms with E-state index in [4.69, 9.17) is 0 Å². The van der Waals surface area contributed by atoms with Crippen molar-refractivity contribution in [2.24, 2.45) is 0 Å². The number of hydrogen-bond donors (Lipinski definition) is 1. The highest BCUT2D eigenvalue weighted by Crippen LogP contribution is 2.27. The van der Waals surface area contributed by atoms with E-state index < -0.39 is 0 Å². The normalized spacial score (nSPS) is 14.5. The third kappa shape index (κ3) is 3.62. The predicted molar refractivity (Wildman–Crippen MR) is 92.9 cm³/mol. The van der Waals surface area contributed by atoms with E-state index in [1.54, 1.807) is 12.1 Å². The fourth-order valence-electron chi connectivity index (χ4n) is 3.08. The topological polar surface area (TPSA) is 58.4 Å². The summed E-state index contributed by atoms with van der Waals surface area (Å²) in [5.41, 5.74) is 3.08. The maximum absolute atomic E-state index is 11.1. The van der Waals surface area contributed by atoms with Gasteiger partial charge in [0.25, 0.3) is 5.69 Å². The van der Waals surface area contributed by atoms with Crippen LogP contribution in [0.4, 0.5) is 17.1 Å². The molecule has 0 atom stereocenters. The van der Waals surface area contributed by atoms with Gasteiger partial charge >= 0.3 is 0 Å². The zero-order valence-corrected chi connectivity index (χ0v) is 13.1. The number of nitrogens with one attached hydrogen (secondary N) is 1. The van der Waals surface area contributed by atoms with Gasteiger partial charge in [-0.3, -0.25) is 10.1 Å². The molecule has 0 spiro atoms. The van der Waals surface area contributed by atoms with Crippen molar-refractivity contribution in [3.05, 3.63) is 64.2 Å². The van der Waals surface area contributed by atoms with Crippen molar-refractivity contribution < 1.29 is 4.92 Å². The van der Waals surface area contributed by atoms with Crippen molar-refractivity contribution in [2.45, 2.75) is 25.8 Å². The van der Waals surface area contributed by atoms with Crippen molar-refractivity contribution in [2.75, 3.05) is 23.3 Å². The van der Waals surface area contributed by atoms with Gasteiger partial charge in [-0.1, -0.05) is 30.3 Å². The average molecular weight is 311 g/mol. The molecular weight excluding hydrogens is 290 g/mol. The maximum Gasteiger partial charge on any atom is 0.292 e. The van der Waals surface area contributed by atoms with E-state index in [-0.39, 0.29) is 10.6 Å². The molecule has 5 nitrogen and oxygen atoms in total. The van der Waals surface area contributed by atoms with E-state index in [0.29, 0.717) is 12.2 Å². The molecule has 23 heavy (non-hydrogen) atoms. The summed E-state index contributed by atoms with van der Waals surface area (Å²) in [6, 6.07) is 15.1. The molecule has 1 fully saturated rings. The van der Waals surface area contributed by atoms with Crippen LogP contribution >= 0.6 is 0 Å². The number of rotatable bonds is 5. The molecule has 5 heteroatoms. The number of nitrogens with zero attached hydrogens (tertiary/aromatic N) is 2. The largest absolute Gasteiger partial charge is 0.375 e. The molecule has 2 aromatic rings. The molecule has 1 aliphatic heterocycles. The van der Waals surface area contributed by atoms with Crippen molar-refractivity contribution in [3.8, 4) is 0 Å².